The fourth-order valence-corrected chi connectivity index (χ4v) is 3.05. The van der Waals surface area contributed by atoms with Gasteiger partial charge in [-0.2, -0.15) is 0 Å². The quantitative estimate of drug-likeness (QED) is 0.679. The first-order valence-corrected chi connectivity index (χ1v) is 7.80. The minimum atomic E-state index is 0.471. The third kappa shape index (κ3) is 3.70. The van der Waals surface area contributed by atoms with Gasteiger partial charge in [0.05, 0.1) is 0 Å². The molecule has 1 atom stereocenters. The molecular formula is C16H25N3S. The molecule has 1 aromatic carbocycles. The number of fused-ring (bicyclic) bond motifs is 1. The molecule has 0 unspecified atom stereocenters. The molecule has 0 amide bonds. The van der Waals surface area contributed by atoms with E-state index in [1.165, 1.54) is 11.3 Å². The summed E-state index contributed by atoms with van der Waals surface area (Å²) in [6.45, 7) is 4.27. The van der Waals surface area contributed by atoms with Crippen LogP contribution in [0.2, 0.25) is 0 Å². The topological polar surface area (TPSA) is 18.5 Å². The molecule has 3 nitrogen and oxygen atoms in total. The molecule has 20 heavy (non-hydrogen) atoms. The maximum Gasteiger partial charge on any atom is 0.173 e. The molecular weight excluding hydrogens is 266 g/mol. The zero-order chi connectivity index (χ0) is 14.5. The van der Waals surface area contributed by atoms with Crippen LogP contribution < -0.4 is 10.2 Å². The lowest BCUT2D eigenvalue weighted by molar-refractivity contribution is 0.400. The van der Waals surface area contributed by atoms with E-state index in [2.05, 4.69) is 60.4 Å². The van der Waals surface area contributed by atoms with E-state index in [1.807, 2.05) is 0 Å². The molecule has 1 heterocycles. The third-order valence-corrected chi connectivity index (χ3v) is 4.14. The summed E-state index contributed by atoms with van der Waals surface area (Å²) in [6.07, 6.45) is 3.42. The van der Waals surface area contributed by atoms with Crippen molar-refractivity contribution in [1.29, 1.82) is 0 Å². The predicted molar refractivity (Wildman–Crippen MR) is 90.5 cm³/mol. The summed E-state index contributed by atoms with van der Waals surface area (Å²) in [5.41, 5.74) is 2.68. The maximum absolute atomic E-state index is 5.61. The van der Waals surface area contributed by atoms with Crippen LogP contribution in [0.25, 0.3) is 0 Å². The molecule has 0 saturated heterocycles. The first-order valence-electron chi connectivity index (χ1n) is 7.39. The number of rotatable bonds is 4. The number of hydrogen-bond donors (Lipinski definition) is 1. The molecule has 0 radical (unpaired) electrons. The van der Waals surface area contributed by atoms with E-state index in [0.29, 0.717) is 6.04 Å². The van der Waals surface area contributed by atoms with Crippen molar-refractivity contribution in [3.63, 3.8) is 0 Å². The van der Waals surface area contributed by atoms with Gasteiger partial charge in [-0.05, 0) is 70.7 Å². The van der Waals surface area contributed by atoms with Crippen LogP contribution >= 0.6 is 12.2 Å². The van der Waals surface area contributed by atoms with E-state index < -0.39 is 0 Å². The van der Waals surface area contributed by atoms with E-state index in [4.69, 9.17) is 12.2 Å². The summed E-state index contributed by atoms with van der Waals surface area (Å²) >= 11 is 5.61. The van der Waals surface area contributed by atoms with Crippen LogP contribution in [-0.4, -0.2) is 43.2 Å². The van der Waals surface area contributed by atoms with Gasteiger partial charge in [0, 0.05) is 18.3 Å². The minimum absolute atomic E-state index is 0.471. The normalized spacial score (nSPS) is 18.0. The van der Waals surface area contributed by atoms with Gasteiger partial charge < -0.3 is 15.1 Å². The molecule has 0 spiro atoms. The van der Waals surface area contributed by atoms with Crippen LogP contribution in [0.15, 0.2) is 24.3 Å². The Morgan fingerprint density at radius 1 is 1.40 bits per heavy atom. The smallest absolute Gasteiger partial charge is 0.173 e. The van der Waals surface area contributed by atoms with Crippen molar-refractivity contribution in [3.8, 4) is 0 Å². The Kier molecular flexibility index (Phi) is 5.38. The van der Waals surface area contributed by atoms with Crippen LogP contribution in [0.5, 0.6) is 0 Å². The third-order valence-electron chi connectivity index (χ3n) is 3.80. The van der Waals surface area contributed by atoms with Crippen LogP contribution in [0.4, 0.5) is 5.69 Å². The molecule has 1 aliphatic rings. The van der Waals surface area contributed by atoms with Gasteiger partial charge >= 0.3 is 0 Å². The van der Waals surface area contributed by atoms with Crippen molar-refractivity contribution >= 4 is 23.0 Å². The molecule has 1 aliphatic heterocycles. The lowest BCUT2D eigenvalue weighted by Gasteiger charge is -2.37. The van der Waals surface area contributed by atoms with Crippen molar-refractivity contribution in [2.24, 2.45) is 0 Å². The van der Waals surface area contributed by atoms with Crippen molar-refractivity contribution in [3.05, 3.63) is 29.8 Å². The van der Waals surface area contributed by atoms with Crippen LogP contribution in [-0.2, 0) is 6.42 Å². The molecule has 0 bridgehead atoms. The van der Waals surface area contributed by atoms with Gasteiger partial charge in [-0.15, -0.1) is 0 Å². The Morgan fingerprint density at radius 3 is 2.90 bits per heavy atom. The van der Waals surface area contributed by atoms with E-state index >= 15 is 0 Å². The number of benzene rings is 1. The zero-order valence-corrected chi connectivity index (χ0v) is 13.5. The van der Waals surface area contributed by atoms with E-state index in [1.54, 1.807) is 0 Å². The number of nitrogens with zero attached hydrogens (tertiary/aromatic N) is 2. The first-order chi connectivity index (χ1) is 9.59. The number of thiocarbonyl (C=S) groups is 1. The van der Waals surface area contributed by atoms with E-state index in [0.717, 1.165) is 37.5 Å². The van der Waals surface area contributed by atoms with Gasteiger partial charge in [-0.3, -0.25) is 0 Å². The Hall–Kier alpha value is -1.13. The summed E-state index contributed by atoms with van der Waals surface area (Å²) in [5.74, 6) is 0. The summed E-state index contributed by atoms with van der Waals surface area (Å²) in [7, 11) is 4.20. The highest BCUT2D eigenvalue weighted by Gasteiger charge is 2.25. The predicted octanol–water partition coefficient (Wildman–Crippen LogP) is 2.65. The lowest BCUT2D eigenvalue weighted by atomic mass is 9.97. The Morgan fingerprint density at radius 2 is 2.15 bits per heavy atom. The molecule has 110 valence electrons. The Bertz CT molecular complexity index is 459. The summed E-state index contributed by atoms with van der Waals surface area (Å²) < 4.78 is 0. The molecule has 1 N–H and O–H groups in total. The average molecular weight is 291 g/mol. The number of aryl methyl sites for hydroxylation is 1. The zero-order valence-electron chi connectivity index (χ0n) is 12.7. The van der Waals surface area contributed by atoms with Crippen LogP contribution in [0.3, 0.4) is 0 Å². The molecule has 2 rings (SSSR count). The highest BCUT2D eigenvalue weighted by Crippen LogP contribution is 2.30. The fraction of sp³-hybridized carbons (Fsp3) is 0.562. The fourth-order valence-electron chi connectivity index (χ4n) is 2.67. The number of hydrogen-bond acceptors (Lipinski definition) is 2. The van der Waals surface area contributed by atoms with Crippen LogP contribution in [0, 0.1) is 0 Å². The van der Waals surface area contributed by atoms with Gasteiger partial charge in [0.2, 0.25) is 0 Å². The minimum Gasteiger partial charge on any atom is -0.362 e. The number of nitrogens with one attached hydrogen (secondary N) is 1. The Balaban J connectivity index is 1.98. The largest absolute Gasteiger partial charge is 0.362 e. The summed E-state index contributed by atoms with van der Waals surface area (Å²) in [6, 6.07) is 9.07. The van der Waals surface area contributed by atoms with E-state index in [-0.39, 0.29) is 0 Å². The Labute approximate surface area is 128 Å². The first kappa shape index (κ1) is 15.3. The van der Waals surface area contributed by atoms with Gasteiger partial charge in [0.25, 0.3) is 0 Å². The van der Waals surface area contributed by atoms with Crippen LogP contribution in [0.1, 0.15) is 25.3 Å². The highest BCUT2D eigenvalue weighted by molar-refractivity contribution is 7.80. The molecule has 0 saturated carbocycles. The van der Waals surface area contributed by atoms with Crippen molar-refractivity contribution in [1.82, 2.24) is 10.2 Å². The second kappa shape index (κ2) is 7.04. The molecule has 4 heteroatoms. The SMILES string of the molecule is C[C@H]1CCc2ccccc2N1C(=S)NCCCN(C)C. The van der Waals surface area contributed by atoms with Gasteiger partial charge in [0.1, 0.15) is 0 Å². The standard InChI is InChI=1S/C16H25N3S/c1-13-9-10-14-7-4-5-8-15(14)19(13)16(20)17-11-6-12-18(2)3/h4-5,7-8,13H,6,9-12H2,1-3H3,(H,17,20)/t13-/m0/s1. The van der Waals surface area contributed by atoms with Crippen molar-refractivity contribution < 1.29 is 0 Å². The average Bonchev–Trinajstić information content (AvgIpc) is 2.43. The molecule has 0 aromatic heterocycles. The summed E-state index contributed by atoms with van der Waals surface area (Å²) in [5, 5.41) is 4.27. The monoisotopic (exact) mass is 291 g/mol. The maximum atomic E-state index is 5.61. The van der Waals surface area contributed by atoms with Gasteiger partial charge in [-0.1, -0.05) is 18.2 Å². The number of para-hydroxylation sites is 1. The lowest BCUT2D eigenvalue weighted by Crippen LogP contribution is -2.47. The second-order valence-corrected chi connectivity index (χ2v) is 6.16. The number of anilines is 1. The van der Waals surface area contributed by atoms with Gasteiger partial charge in [-0.25, -0.2) is 0 Å². The molecule has 0 fully saturated rings. The van der Waals surface area contributed by atoms with E-state index in [9.17, 15) is 0 Å². The van der Waals surface area contributed by atoms with Gasteiger partial charge in [0.15, 0.2) is 5.11 Å². The molecule has 1 aromatic rings. The highest BCUT2D eigenvalue weighted by atomic mass is 32.1. The van der Waals surface area contributed by atoms with Crippen molar-refractivity contribution in [2.75, 3.05) is 32.1 Å². The second-order valence-electron chi connectivity index (χ2n) is 5.78. The molecule has 0 aliphatic carbocycles. The summed E-state index contributed by atoms with van der Waals surface area (Å²) in [4.78, 5) is 4.48. The van der Waals surface area contributed by atoms with Crippen molar-refractivity contribution in [2.45, 2.75) is 32.2 Å².